The highest BCUT2D eigenvalue weighted by Crippen LogP contribution is 2.21. The average molecular weight is 385 g/mol. The van der Waals surface area contributed by atoms with E-state index in [0.29, 0.717) is 29.1 Å². The molecule has 0 radical (unpaired) electrons. The van der Waals surface area contributed by atoms with Crippen molar-refractivity contribution in [1.29, 1.82) is 0 Å². The molecule has 0 aliphatic heterocycles. The Morgan fingerprint density at radius 1 is 1.11 bits per heavy atom. The summed E-state index contributed by atoms with van der Waals surface area (Å²) in [5, 5.41) is 9.56. The quantitative estimate of drug-likeness (QED) is 0.672. The number of amides is 2. The third-order valence-electron chi connectivity index (χ3n) is 3.89. The smallest absolute Gasteiger partial charge is 0.255 e. The van der Waals surface area contributed by atoms with Gasteiger partial charge in [-0.25, -0.2) is 0 Å². The summed E-state index contributed by atoms with van der Waals surface area (Å²) in [7, 11) is 0. The molecule has 0 bridgehead atoms. The van der Waals surface area contributed by atoms with Crippen LogP contribution in [0.3, 0.4) is 0 Å². The van der Waals surface area contributed by atoms with Gasteiger partial charge in [-0.1, -0.05) is 11.2 Å². The number of anilines is 2. The van der Waals surface area contributed by atoms with Crippen LogP contribution in [0.2, 0.25) is 5.22 Å². The Labute approximate surface area is 160 Å². The largest absolute Gasteiger partial charge is 0.344 e. The summed E-state index contributed by atoms with van der Waals surface area (Å²) in [5.41, 5.74) is 3.06. The van der Waals surface area contributed by atoms with Gasteiger partial charge in [0.05, 0.1) is 5.69 Å². The number of aryl methyl sites for hydroxylation is 1. The number of carbonyl (C=O) groups is 2. The third kappa shape index (κ3) is 4.92. The summed E-state index contributed by atoms with van der Waals surface area (Å²) in [6.07, 6.45) is 3.76. The molecular formula is C19H17ClN4O3. The molecule has 0 saturated carbocycles. The van der Waals surface area contributed by atoms with Gasteiger partial charge in [-0.15, -0.1) is 0 Å². The number of nitrogens with one attached hydrogen (secondary N) is 2. The molecule has 2 aromatic heterocycles. The van der Waals surface area contributed by atoms with E-state index in [-0.39, 0.29) is 23.5 Å². The number of aromatic nitrogens is 2. The van der Waals surface area contributed by atoms with Gasteiger partial charge in [0.15, 0.2) is 0 Å². The number of pyridine rings is 1. The lowest BCUT2D eigenvalue weighted by Crippen LogP contribution is -2.14. The lowest BCUT2D eigenvalue weighted by Gasteiger charge is -2.09. The molecule has 2 N–H and O–H groups in total. The van der Waals surface area contributed by atoms with Gasteiger partial charge in [-0.3, -0.25) is 14.6 Å². The molecule has 0 aliphatic carbocycles. The van der Waals surface area contributed by atoms with Crippen LogP contribution in [0.1, 0.15) is 28.0 Å². The molecule has 2 heterocycles. The number of carbonyl (C=O) groups excluding carboxylic acids is 2. The van der Waals surface area contributed by atoms with E-state index in [1.165, 1.54) is 0 Å². The molecule has 7 nitrogen and oxygen atoms in total. The van der Waals surface area contributed by atoms with E-state index in [4.69, 9.17) is 16.1 Å². The van der Waals surface area contributed by atoms with Crippen LogP contribution in [0.25, 0.3) is 0 Å². The SMILES string of the molecule is Cc1noc(Cl)c1CCC(=O)Nc1cccc(NC(=O)c2ccncc2)c1. The predicted molar refractivity (Wildman–Crippen MR) is 102 cm³/mol. The fraction of sp³-hybridized carbons (Fsp3) is 0.158. The number of benzene rings is 1. The van der Waals surface area contributed by atoms with Crippen LogP contribution in [0.15, 0.2) is 53.3 Å². The van der Waals surface area contributed by atoms with Crippen LogP contribution >= 0.6 is 11.6 Å². The first-order valence-corrected chi connectivity index (χ1v) is 8.62. The molecule has 27 heavy (non-hydrogen) atoms. The first-order valence-electron chi connectivity index (χ1n) is 8.25. The molecule has 2 amide bonds. The predicted octanol–water partition coefficient (Wildman–Crippen LogP) is 3.86. The Balaban J connectivity index is 1.58. The fourth-order valence-electron chi connectivity index (χ4n) is 2.48. The highest BCUT2D eigenvalue weighted by Gasteiger charge is 2.13. The minimum Gasteiger partial charge on any atom is -0.344 e. The Morgan fingerprint density at radius 3 is 2.48 bits per heavy atom. The number of hydrogen-bond acceptors (Lipinski definition) is 5. The van der Waals surface area contributed by atoms with Gasteiger partial charge in [0.1, 0.15) is 0 Å². The normalized spacial score (nSPS) is 10.4. The molecule has 0 aliphatic rings. The molecule has 0 fully saturated rings. The van der Waals surface area contributed by atoms with Crippen LogP contribution in [0.5, 0.6) is 0 Å². The topological polar surface area (TPSA) is 97.1 Å². The van der Waals surface area contributed by atoms with Crippen molar-refractivity contribution >= 4 is 34.8 Å². The van der Waals surface area contributed by atoms with Crippen LogP contribution in [-0.4, -0.2) is 22.0 Å². The van der Waals surface area contributed by atoms with E-state index in [0.717, 1.165) is 5.56 Å². The molecule has 3 rings (SSSR count). The van der Waals surface area contributed by atoms with Gasteiger partial charge in [-0.2, -0.15) is 0 Å². The Kier molecular flexibility index (Phi) is 5.83. The first-order chi connectivity index (χ1) is 13.0. The maximum absolute atomic E-state index is 12.2. The molecule has 0 spiro atoms. The van der Waals surface area contributed by atoms with Crippen LogP contribution in [0.4, 0.5) is 11.4 Å². The van der Waals surface area contributed by atoms with E-state index in [2.05, 4.69) is 20.8 Å². The zero-order valence-corrected chi connectivity index (χ0v) is 15.3. The minimum atomic E-state index is -0.251. The second kappa shape index (κ2) is 8.46. The summed E-state index contributed by atoms with van der Waals surface area (Å²) in [4.78, 5) is 28.3. The van der Waals surface area contributed by atoms with Gasteiger partial charge in [-0.05, 0) is 55.3 Å². The fourth-order valence-corrected chi connectivity index (χ4v) is 2.75. The summed E-state index contributed by atoms with van der Waals surface area (Å²) in [5.74, 6) is -0.428. The summed E-state index contributed by atoms with van der Waals surface area (Å²) < 4.78 is 4.87. The minimum absolute atomic E-state index is 0.177. The Hall–Kier alpha value is -3.19. The molecule has 0 atom stereocenters. The molecular weight excluding hydrogens is 368 g/mol. The number of hydrogen-bond donors (Lipinski definition) is 2. The van der Waals surface area contributed by atoms with Crippen molar-refractivity contribution in [3.8, 4) is 0 Å². The molecule has 0 unspecified atom stereocenters. The number of rotatable bonds is 6. The third-order valence-corrected chi connectivity index (χ3v) is 4.18. The van der Waals surface area contributed by atoms with Crippen LogP contribution in [-0.2, 0) is 11.2 Å². The Morgan fingerprint density at radius 2 is 1.81 bits per heavy atom. The first kappa shape index (κ1) is 18.6. The molecule has 138 valence electrons. The molecule has 3 aromatic rings. The van der Waals surface area contributed by atoms with E-state index >= 15 is 0 Å². The van der Waals surface area contributed by atoms with E-state index in [1.807, 2.05) is 0 Å². The molecule has 0 saturated heterocycles. The van der Waals surface area contributed by atoms with Crippen molar-refractivity contribution in [1.82, 2.24) is 10.1 Å². The number of nitrogens with zero attached hydrogens (tertiary/aromatic N) is 2. The zero-order chi connectivity index (χ0) is 19.2. The standard InChI is InChI=1S/C19H17ClN4O3/c1-12-16(18(20)27-24-12)5-6-17(25)22-14-3-2-4-15(11-14)23-19(26)13-7-9-21-10-8-13/h2-4,7-11H,5-6H2,1H3,(H,22,25)(H,23,26). The monoisotopic (exact) mass is 384 g/mol. The van der Waals surface area contributed by atoms with Crippen molar-refractivity contribution in [2.75, 3.05) is 10.6 Å². The zero-order valence-electron chi connectivity index (χ0n) is 14.5. The second-order valence-corrected chi connectivity index (χ2v) is 6.18. The van der Waals surface area contributed by atoms with Crippen molar-refractivity contribution in [3.05, 3.63) is 70.8 Å². The van der Waals surface area contributed by atoms with Gasteiger partial charge in [0.25, 0.3) is 5.91 Å². The van der Waals surface area contributed by atoms with E-state index in [9.17, 15) is 9.59 Å². The maximum Gasteiger partial charge on any atom is 0.255 e. The van der Waals surface area contributed by atoms with Crippen molar-refractivity contribution in [2.45, 2.75) is 19.8 Å². The molecule has 1 aromatic carbocycles. The maximum atomic E-state index is 12.2. The lowest BCUT2D eigenvalue weighted by molar-refractivity contribution is -0.116. The highest BCUT2D eigenvalue weighted by molar-refractivity contribution is 6.29. The molecule has 8 heteroatoms. The number of halogens is 1. The van der Waals surface area contributed by atoms with Crippen molar-refractivity contribution < 1.29 is 14.1 Å². The summed E-state index contributed by atoms with van der Waals surface area (Å²) in [6.45, 7) is 1.78. The summed E-state index contributed by atoms with van der Waals surface area (Å²) >= 11 is 5.90. The summed E-state index contributed by atoms with van der Waals surface area (Å²) in [6, 6.07) is 10.2. The van der Waals surface area contributed by atoms with Gasteiger partial charge in [0, 0.05) is 41.3 Å². The Bertz CT molecular complexity index is 937. The van der Waals surface area contributed by atoms with E-state index < -0.39 is 0 Å². The van der Waals surface area contributed by atoms with Crippen molar-refractivity contribution in [2.24, 2.45) is 0 Å². The van der Waals surface area contributed by atoms with Crippen molar-refractivity contribution in [3.63, 3.8) is 0 Å². The van der Waals surface area contributed by atoms with Crippen LogP contribution < -0.4 is 10.6 Å². The van der Waals surface area contributed by atoms with Gasteiger partial charge in [0.2, 0.25) is 11.1 Å². The van der Waals surface area contributed by atoms with Crippen LogP contribution in [0, 0.1) is 6.92 Å². The van der Waals surface area contributed by atoms with E-state index in [1.54, 1.807) is 55.7 Å². The lowest BCUT2D eigenvalue weighted by atomic mass is 10.1. The van der Waals surface area contributed by atoms with Gasteiger partial charge >= 0.3 is 0 Å². The van der Waals surface area contributed by atoms with Gasteiger partial charge < -0.3 is 15.2 Å². The average Bonchev–Trinajstić information content (AvgIpc) is 2.99. The second-order valence-electron chi connectivity index (χ2n) is 5.84. The highest BCUT2D eigenvalue weighted by atomic mass is 35.5.